The zero-order valence-electron chi connectivity index (χ0n) is 16.9. The third-order valence-corrected chi connectivity index (χ3v) is 5.15. The summed E-state index contributed by atoms with van der Waals surface area (Å²) in [6.45, 7) is 3.96. The zero-order valence-corrected chi connectivity index (χ0v) is 17.7. The second-order valence-corrected chi connectivity index (χ2v) is 7.80. The number of nitrogens with zero attached hydrogens (tertiary/aromatic N) is 2. The number of carbonyl (C=O) groups excluding carboxylic acids is 1. The lowest BCUT2D eigenvalue weighted by atomic mass is 10.0. The number of aryl methyl sites for hydroxylation is 1. The third-order valence-electron chi connectivity index (χ3n) is 4.18. The van der Waals surface area contributed by atoms with Gasteiger partial charge in [0.15, 0.2) is 5.69 Å². The normalized spacial score (nSPS) is 11.6. The van der Waals surface area contributed by atoms with E-state index in [1.807, 2.05) is 31.2 Å². The summed E-state index contributed by atoms with van der Waals surface area (Å²) in [5.41, 5.74) is 1.53. The van der Waals surface area contributed by atoms with E-state index >= 15 is 0 Å². The number of thiazole rings is 1. The highest BCUT2D eigenvalue weighted by molar-refractivity contribution is 7.13. The maximum Gasteiger partial charge on any atom is 0.435 e. The quantitative estimate of drug-likeness (QED) is 0.268. The molecule has 0 radical (unpaired) electrons. The molecule has 0 saturated heterocycles. The summed E-state index contributed by atoms with van der Waals surface area (Å²) in [6, 6.07) is 14.3. The van der Waals surface area contributed by atoms with Crippen LogP contribution < -0.4 is 5.32 Å². The first-order valence-electron chi connectivity index (χ1n) is 9.50. The first-order chi connectivity index (χ1) is 14.8. The lowest BCUT2D eigenvalue weighted by molar-refractivity contribution is -0.141. The lowest BCUT2D eigenvalue weighted by Gasteiger charge is -2.12. The van der Waals surface area contributed by atoms with Gasteiger partial charge in [0.05, 0.1) is 11.2 Å². The van der Waals surface area contributed by atoms with Crippen molar-refractivity contribution in [2.75, 3.05) is 11.9 Å². The minimum atomic E-state index is -4.70. The third kappa shape index (κ3) is 5.69. The molecule has 0 fully saturated rings. The fourth-order valence-corrected chi connectivity index (χ4v) is 3.62. The van der Waals surface area contributed by atoms with Crippen LogP contribution in [0.5, 0.6) is 0 Å². The van der Waals surface area contributed by atoms with Crippen LogP contribution in [0.15, 0.2) is 53.7 Å². The maximum absolute atomic E-state index is 13.2. The molecule has 0 bridgehead atoms. The van der Waals surface area contributed by atoms with E-state index in [1.165, 1.54) is 6.92 Å². The number of hydrogen-bond acceptors (Lipinski definition) is 5. The van der Waals surface area contributed by atoms with Gasteiger partial charge in [-0.1, -0.05) is 54.5 Å². The van der Waals surface area contributed by atoms with E-state index < -0.39 is 22.7 Å². The average molecular weight is 447 g/mol. The van der Waals surface area contributed by atoms with E-state index in [4.69, 9.17) is 4.84 Å². The fraction of sp³-hybridized carbons (Fsp3) is 0.227. The summed E-state index contributed by atoms with van der Waals surface area (Å²) < 4.78 is 39.7. The molecule has 3 aromatic rings. The van der Waals surface area contributed by atoms with Gasteiger partial charge in [0.2, 0.25) is 0 Å². The van der Waals surface area contributed by atoms with Crippen LogP contribution in [0.3, 0.4) is 0 Å². The smallest absolute Gasteiger partial charge is 0.396 e. The predicted molar refractivity (Wildman–Crippen MR) is 116 cm³/mol. The van der Waals surface area contributed by atoms with Gasteiger partial charge >= 0.3 is 6.18 Å². The van der Waals surface area contributed by atoms with Gasteiger partial charge in [-0.15, -0.1) is 11.3 Å². The first-order valence-corrected chi connectivity index (χ1v) is 10.3. The molecule has 0 atom stereocenters. The Hall–Kier alpha value is -3.20. The molecule has 9 heteroatoms. The number of nitrogens with one attached hydrogen (secondary N) is 1. The van der Waals surface area contributed by atoms with Gasteiger partial charge in [0, 0.05) is 11.3 Å². The topological polar surface area (TPSA) is 63.6 Å². The van der Waals surface area contributed by atoms with Crippen LogP contribution in [-0.4, -0.2) is 23.7 Å². The highest BCUT2D eigenvalue weighted by atomic mass is 32.1. The van der Waals surface area contributed by atoms with Crippen LogP contribution in [0.25, 0.3) is 11.1 Å². The Bertz CT molecular complexity index is 1080. The van der Waals surface area contributed by atoms with Gasteiger partial charge < -0.3 is 10.2 Å². The molecule has 3 rings (SSSR count). The zero-order chi connectivity index (χ0) is 22.4. The molecule has 0 spiro atoms. The number of oxime groups is 1. The van der Waals surface area contributed by atoms with E-state index in [9.17, 15) is 18.0 Å². The molecule has 0 aliphatic rings. The summed E-state index contributed by atoms with van der Waals surface area (Å²) in [5, 5.41) is 6.65. The van der Waals surface area contributed by atoms with Gasteiger partial charge in [-0.2, -0.15) is 13.2 Å². The van der Waals surface area contributed by atoms with Crippen molar-refractivity contribution in [3.8, 4) is 11.1 Å². The van der Waals surface area contributed by atoms with Crippen LogP contribution >= 0.6 is 11.3 Å². The van der Waals surface area contributed by atoms with E-state index in [2.05, 4.69) is 15.5 Å². The number of amides is 1. The average Bonchev–Trinajstić information content (AvgIpc) is 3.15. The molecule has 1 N–H and O–H groups in total. The molecule has 1 amide bonds. The fourth-order valence-electron chi connectivity index (χ4n) is 2.79. The van der Waals surface area contributed by atoms with Crippen molar-refractivity contribution in [1.29, 1.82) is 0 Å². The van der Waals surface area contributed by atoms with Crippen LogP contribution in [0.2, 0.25) is 0 Å². The molecule has 2 aromatic carbocycles. The standard InChI is InChI=1S/C22H20F3N3O2S/c1-3-12-30-26-13-15-8-10-16(11-9-15)17-6-4-5-7-18(17)28-21(29)19-20(22(23,24)25)27-14(2)31-19/h4-11,13H,3,12H2,1-2H3,(H,28,29). The number of hydrogen-bond donors (Lipinski definition) is 1. The van der Waals surface area contributed by atoms with Crippen molar-refractivity contribution in [2.24, 2.45) is 5.16 Å². The Morgan fingerprint density at radius 2 is 1.90 bits per heavy atom. The predicted octanol–water partition coefficient (Wildman–Crippen LogP) is 6.15. The molecular weight excluding hydrogens is 427 g/mol. The van der Waals surface area contributed by atoms with E-state index in [0.29, 0.717) is 29.2 Å². The van der Waals surface area contributed by atoms with Crippen molar-refractivity contribution >= 4 is 29.1 Å². The summed E-state index contributed by atoms with van der Waals surface area (Å²) in [5.74, 6) is -0.845. The molecule has 0 aliphatic carbocycles. The van der Waals surface area contributed by atoms with Crippen LogP contribution in [-0.2, 0) is 11.0 Å². The molecule has 162 valence electrons. The van der Waals surface area contributed by atoms with E-state index in [-0.39, 0.29) is 5.01 Å². The van der Waals surface area contributed by atoms with E-state index in [1.54, 1.807) is 30.5 Å². The molecule has 1 heterocycles. The minimum absolute atomic E-state index is 0.172. The van der Waals surface area contributed by atoms with Crippen LogP contribution in [0.4, 0.5) is 18.9 Å². The van der Waals surface area contributed by atoms with Crippen molar-refractivity contribution in [2.45, 2.75) is 26.4 Å². The van der Waals surface area contributed by atoms with Crippen molar-refractivity contribution in [3.63, 3.8) is 0 Å². The Morgan fingerprint density at radius 1 is 1.19 bits per heavy atom. The Kier molecular flexibility index (Phi) is 7.06. The number of rotatable bonds is 7. The number of para-hydroxylation sites is 1. The number of alkyl halides is 3. The second kappa shape index (κ2) is 9.74. The van der Waals surface area contributed by atoms with Gasteiger partial charge in [-0.05, 0) is 30.5 Å². The number of carbonyl (C=O) groups is 1. The van der Waals surface area contributed by atoms with Gasteiger partial charge in [-0.3, -0.25) is 4.79 Å². The number of halogens is 3. The Morgan fingerprint density at radius 3 is 2.58 bits per heavy atom. The molecular formula is C22H20F3N3O2S. The summed E-state index contributed by atoms with van der Waals surface area (Å²) in [7, 11) is 0. The highest BCUT2D eigenvalue weighted by Crippen LogP contribution is 2.35. The molecule has 1 aromatic heterocycles. The Labute approximate surface area is 181 Å². The van der Waals surface area contributed by atoms with Crippen LogP contribution in [0, 0.1) is 6.92 Å². The van der Waals surface area contributed by atoms with Gasteiger partial charge in [0.25, 0.3) is 5.91 Å². The summed E-state index contributed by atoms with van der Waals surface area (Å²) >= 11 is 0.714. The molecule has 0 unspecified atom stereocenters. The van der Waals surface area contributed by atoms with Gasteiger partial charge in [0.1, 0.15) is 11.5 Å². The second-order valence-electron chi connectivity index (χ2n) is 6.60. The lowest BCUT2D eigenvalue weighted by Crippen LogP contribution is -2.17. The molecule has 31 heavy (non-hydrogen) atoms. The highest BCUT2D eigenvalue weighted by Gasteiger charge is 2.39. The SMILES string of the molecule is CCCON=Cc1ccc(-c2ccccc2NC(=O)c2sc(C)nc2C(F)(F)F)cc1. The minimum Gasteiger partial charge on any atom is -0.396 e. The summed E-state index contributed by atoms with van der Waals surface area (Å²) in [6.07, 6.45) is -2.24. The van der Waals surface area contributed by atoms with Gasteiger partial charge in [-0.25, -0.2) is 4.98 Å². The van der Waals surface area contributed by atoms with Crippen LogP contribution in [0.1, 0.15) is 39.3 Å². The summed E-state index contributed by atoms with van der Waals surface area (Å²) in [4.78, 5) is 20.7. The number of anilines is 1. The van der Waals surface area contributed by atoms with Crippen molar-refractivity contribution in [1.82, 2.24) is 4.98 Å². The Balaban J connectivity index is 1.83. The van der Waals surface area contributed by atoms with Crippen molar-refractivity contribution in [3.05, 3.63) is 69.7 Å². The largest absolute Gasteiger partial charge is 0.435 e. The molecule has 0 aliphatic heterocycles. The molecule has 0 saturated carbocycles. The van der Waals surface area contributed by atoms with Crippen molar-refractivity contribution < 1.29 is 22.8 Å². The monoisotopic (exact) mass is 447 g/mol. The number of aromatic nitrogens is 1. The number of benzene rings is 2. The molecule has 5 nitrogen and oxygen atoms in total. The maximum atomic E-state index is 13.2. The van der Waals surface area contributed by atoms with E-state index in [0.717, 1.165) is 17.5 Å². The first kappa shape index (κ1) is 22.5.